The van der Waals surface area contributed by atoms with Crippen LogP contribution in [0.4, 0.5) is 20.2 Å². The van der Waals surface area contributed by atoms with Crippen LogP contribution < -0.4 is 5.32 Å². The third-order valence-corrected chi connectivity index (χ3v) is 6.00. The van der Waals surface area contributed by atoms with Gasteiger partial charge in [-0.05, 0) is 12.1 Å². The Balaban J connectivity index is 1.81. The third kappa shape index (κ3) is 4.12. The number of hydrogen-bond acceptors (Lipinski definition) is 8. The molecule has 28 heavy (non-hydrogen) atoms. The number of halogens is 2. The molecule has 1 aromatic heterocycles. The normalized spacial score (nSPS) is 11.5. The van der Waals surface area contributed by atoms with Crippen LogP contribution >= 0.6 is 11.3 Å². The predicted octanol–water partition coefficient (Wildman–Crippen LogP) is 3.72. The molecule has 1 heterocycles. The van der Waals surface area contributed by atoms with Gasteiger partial charge in [0, 0.05) is 11.6 Å². The van der Waals surface area contributed by atoms with Crippen LogP contribution in [0.3, 0.4) is 0 Å². The van der Waals surface area contributed by atoms with E-state index in [2.05, 4.69) is 15.5 Å². The molecule has 3 aromatic rings. The van der Waals surface area contributed by atoms with Gasteiger partial charge in [-0.25, -0.2) is 8.42 Å². The number of anilines is 1. The lowest BCUT2D eigenvalue weighted by Gasteiger charge is -2.08. The highest BCUT2D eigenvalue weighted by atomic mass is 32.2. The first kappa shape index (κ1) is 19.8. The standard InChI is InChI=1S/C16H12F2N4O4S2/c17-16(18)28(25,26)11-6-7-12(13(8-11)22(23)24)19-9-14-20-21-15(27-14)10-4-2-1-3-5-10/h1-8,16,19H,9H2. The number of nitrogens with one attached hydrogen (secondary N) is 1. The van der Waals surface area contributed by atoms with Crippen LogP contribution in [0.1, 0.15) is 5.01 Å². The highest BCUT2D eigenvalue weighted by Crippen LogP contribution is 2.31. The van der Waals surface area contributed by atoms with Crippen LogP contribution in [0.2, 0.25) is 0 Å². The molecule has 0 saturated heterocycles. The highest BCUT2D eigenvalue weighted by Gasteiger charge is 2.29. The van der Waals surface area contributed by atoms with Crippen molar-refractivity contribution >= 4 is 32.5 Å². The molecule has 8 nitrogen and oxygen atoms in total. The molecule has 0 amide bonds. The van der Waals surface area contributed by atoms with E-state index in [1.165, 1.54) is 11.3 Å². The summed E-state index contributed by atoms with van der Waals surface area (Å²) in [7, 11) is -4.93. The maximum absolute atomic E-state index is 12.7. The van der Waals surface area contributed by atoms with Gasteiger partial charge < -0.3 is 5.32 Å². The molecule has 0 bridgehead atoms. The van der Waals surface area contributed by atoms with E-state index in [1.54, 1.807) is 0 Å². The van der Waals surface area contributed by atoms with Gasteiger partial charge in [-0.3, -0.25) is 10.1 Å². The summed E-state index contributed by atoms with van der Waals surface area (Å²) in [6.45, 7) is 0.0896. The van der Waals surface area contributed by atoms with Crippen molar-refractivity contribution in [3.8, 4) is 10.6 Å². The SMILES string of the molecule is O=[N+]([O-])c1cc(S(=O)(=O)C(F)F)ccc1NCc1nnc(-c2ccccc2)s1. The lowest BCUT2D eigenvalue weighted by molar-refractivity contribution is -0.384. The summed E-state index contributed by atoms with van der Waals surface area (Å²) in [4.78, 5) is 9.57. The fraction of sp³-hybridized carbons (Fsp3) is 0.125. The van der Waals surface area contributed by atoms with Gasteiger partial charge in [0.1, 0.15) is 15.7 Å². The van der Waals surface area contributed by atoms with E-state index < -0.39 is 31.1 Å². The molecular formula is C16H12F2N4O4S2. The molecule has 0 atom stereocenters. The number of alkyl halides is 2. The number of aromatic nitrogens is 2. The second-order valence-corrected chi connectivity index (χ2v) is 8.44. The van der Waals surface area contributed by atoms with Crippen LogP contribution in [0.5, 0.6) is 0 Å². The fourth-order valence-corrected chi connectivity index (χ4v) is 3.81. The first-order chi connectivity index (χ1) is 13.3. The monoisotopic (exact) mass is 426 g/mol. The summed E-state index contributed by atoms with van der Waals surface area (Å²) in [5.41, 5.74) is 0.225. The number of nitro groups is 1. The van der Waals surface area contributed by atoms with Gasteiger partial charge in [0.2, 0.25) is 9.84 Å². The average molecular weight is 426 g/mol. The zero-order valence-corrected chi connectivity index (χ0v) is 15.6. The maximum atomic E-state index is 12.7. The third-order valence-electron chi connectivity index (χ3n) is 3.65. The first-order valence-electron chi connectivity index (χ1n) is 7.71. The van der Waals surface area contributed by atoms with E-state index in [0.717, 1.165) is 17.7 Å². The molecular weight excluding hydrogens is 414 g/mol. The van der Waals surface area contributed by atoms with Crippen molar-refractivity contribution in [1.29, 1.82) is 0 Å². The van der Waals surface area contributed by atoms with Crippen molar-refractivity contribution in [2.75, 3.05) is 5.32 Å². The molecule has 0 spiro atoms. The van der Waals surface area contributed by atoms with Crippen LogP contribution in [0, 0.1) is 10.1 Å². The molecule has 0 aliphatic carbocycles. The van der Waals surface area contributed by atoms with Crippen molar-refractivity contribution in [3.05, 3.63) is 63.7 Å². The van der Waals surface area contributed by atoms with E-state index in [-0.39, 0.29) is 12.2 Å². The minimum atomic E-state index is -4.93. The molecule has 0 saturated carbocycles. The van der Waals surface area contributed by atoms with E-state index in [0.29, 0.717) is 16.1 Å². The molecule has 2 aromatic carbocycles. The minimum Gasteiger partial charge on any atom is -0.373 e. The quantitative estimate of drug-likeness (QED) is 0.452. The lowest BCUT2D eigenvalue weighted by Crippen LogP contribution is -2.12. The number of hydrogen-bond donors (Lipinski definition) is 1. The van der Waals surface area contributed by atoms with Gasteiger partial charge in [-0.2, -0.15) is 8.78 Å². The van der Waals surface area contributed by atoms with E-state index in [9.17, 15) is 27.3 Å². The topological polar surface area (TPSA) is 115 Å². The Morgan fingerprint density at radius 2 is 1.86 bits per heavy atom. The molecule has 12 heteroatoms. The summed E-state index contributed by atoms with van der Waals surface area (Å²) in [6.07, 6.45) is 0. The molecule has 0 unspecified atom stereocenters. The largest absolute Gasteiger partial charge is 0.373 e. The Bertz CT molecular complexity index is 1100. The number of sulfone groups is 1. The van der Waals surface area contributed by atoms with Crippen LogP contribution in [-0.2, 0) is 16.4 Å². The summed E-state index contributed by atoms with van der Waals surface area (Å²) in [5.74, 6) is -3.66. The van der Waals surface area contributed by atoms with E-state index >= 15 is 0 Å². The Morgan fingerprint density at radius 3 is 2.50 bits per heavy atom. The van der Waals surface area contributed by atoms with E-state index in [4.69, 9.17) is 0 Å². The van der Waals surface area contributed by atoms with Gasteiger partial charge >= 0.3 is 5.76 Å². The van der Waals surface area contributed by atoms with Crippen molar-refractivity contribution in [2.45, 2.75) is 17.2 Å². The molecule has 0 aliphatic rings. The molecule has 146 valence electrons. The molecule has 0 aliphatic heterocycles. The summed E-state index contributed by atoms with van der Waals surface area (Å²) < 4.78 is 48.4. The fourth-order valence-electron chi connectivity index (χ4n) is 2.29. The van der Waals surface area contributed by atoms with Crippen molar-refractivity contribution < 1.29 is 22.1 Å². The maximum Gasteiger partial charge on any atom is 0.341 e. The Morgan fingerprint density at radius 1 is 1.14 bits per heavy atom. The molecule has 0 radical (unpaired) electrons. The van der Waals surface area contributed by atoms with Gasteiger partial charge in [0.05, 0.1) is 16.4 Å². The number of benzene rings is 2. The minimum absolute atomic E-state index is 0.0188. The Hall–Kier alpha value is -2.99. The lowest BCUT2D eigenvalue weighted by atomic mass is 10.2. The molecule has 3 rings (SSSR count). The van der Waals surface area contributed by atoms with Gasteiger partial charge in [0.25, 0.3) is 5.69 Å². The van der Waals surface area contributed by atoms with Crippen molar-refractivity contribution in [1.82, 2.24) is 10.2 Å². The average Bonchev–Trinajstić information content (AvgIpc) is 3.15. The summed E-state index contributed by atoms with van der Waals surface area (Å²) in [5, 5.41) is 23.3. The van der Waals surface area contributed by atoms with Crippen molar-refractivity contribution in [2.24, 2.45) is 0 Å². The van der Waals surface area contributed by atoms with Crippen molar-refractivity contribution in [3.63, 3.8) is 0 Å². The second-order valence-electron chi connectivity index (χ2n) is 5.46. The van der Waals surface area contributed by atoms with Gasteiger partial charge in [-0.15, -0.1) is 10.2 Å². The number of nitrogens with zero attached hydrogens (tertiary/aromatic N) is 3. The Kier molecular flexibility index (Phi) is 5.61. The smallest absolute Gasteiger partial charge is 0.341 e. The number of rotatable bonds is 7. The van der Waals surface area contributed by atoms with Crippen LogP contribution in [-0.4, -0.2) is 29.3 Å². The first-order valence-corrected chi connectivity index (χ1v) is 10.1. The van der Waals surface area contributed by atoms with Crippen LogP contribution in [0.25, 0.3) is 10.6 Å². The van der Waals surface area contributed by atoms with Gasteiger partial charge in [-0.1, -0.05) is 41.7 Å². The molecule has 0 fully saturated rings. The van der Waals surface area contributed by atoms with E-state index in [1.807, 2.05) is 30.3 Å². The predicted molar refractivity (Wildman–Crippen MR) is 99.0 cm³/mol. The second kappa shape index (κ2) is 7.94. The number of nitro benzene ring substituents is 1. The summed E-state index contributed by atoms with van der Waals surface area (Å²) in [6, 6.07) is 11.9. The Labute approximate surface area is 161 Å². The van der Waals surface area contributed by atoms with Crippen LogP contribution in [0.15, 0.2) is 53.4 Å². The molecule has 1 N–H and O–H groups in total. The van der Waals surface area contributed by atoms with Gasteiger partial charge in [0.15, 0.2) is 0 Å². The zero-order chi connectivity index (χ0) is 20.3. The summed E-state index contributed by atoms with van der Waals surface area (Å²) >= 11 is 1.28. The highest BCUT2D eigenvalue weighted by molar-refractivity contribution is 7.91. The zero-order valence-electron chi connectivity index (χ0n) is 14.0.